The van der Waals surface area contributed by atoms with Gasteiger partial charge < -0.3 is 14.6 Å². The van der Waals surface area contributed by atoms with E-state index in [2.05, 4.69) is 6.58 Å². The molecule has 1 aromatic rings. The van der Waals surface area contributed by atoms with E-state index in [1.165, 1.54) is 6.08 Å². The van der Waals surface area contributed by atoms with Crippen LogP contribution >= 0.6 is 0 Å². The standard InChI is InChI=1S/C15H20O4/c1-5-12(16)10-18-13-8-6-11(7-9-13)14(17)19-15(2,3)4/h5-9,12,16H,1,10H2,2-4H3/t12-/m0/s1. The quantitative estimate of drug-likeness (QED) is 0.656. The van der Waals surface area contributed by atoms with Gasteiger partial charge >= 0.3 is 5.97 Å². The Morgan fingerprint density at radius 3 is 2.42 bits per heavy atom. The second-order valence-corrected chi connectivity index (χ2v) is 5.14. The van der Waals surface area contributed by atoms with Crippen LogP contribution in [0.25, 0.3) is 0 Å². The molecule has 1 aromatic carbocycles. The van der Waals surface area contributed by atoms with Crippen LogP contribution in [0, 0.1) is 0 Å². The third-order valence-electron chi connectivity index (χ3n) is 2.18. The van der Waals surface area contributed by atoms with E-state index in [1.54, 1.807) is 24.3 Å². The van der Waals surface area contributed by atoms with Crippen LogP contribution in [0.1, 0.15) is 31.1 Å². The van der Waals surface area contributed by atoms with Crippen LogP contribution in [0.3, 0.4) is 0 Å². The Kier molecular flexibility index (Phi) is 5.12. The number of hydrogen-bond donors (Lipinski definition) is 1. The molecule has 0 saturated heterocycles. The number of ether oxygens (including phenoxy) is 2. The number of rotatable bonds is 5. The normalized spacial score (nSPS) is 12.6. The van der Waals surface area contributed by atoms with E-state index in [0.717, 1.165) is 0 Å². The minimum Gasteiger partial charge on any atom is -0.491 e. The number of carbonyl (C=O) groups excluding carboxylic acids is 1. The van der Waals surface area contributed by atoms with E-state index in [0.29, 0.717) is 11.3 Å². The molecule has 4 nitrogen and oxygen atoms in total. The maximum Gasteiger partial charge on any atom is 0.338 e. The van der Waals surface area contributed by atoms with Gasteiger partial charge in [0.2, 0.25) is 0 Å². The minimum atomic E-state index is -0.703. The van der Waals surface area contributed by atoms with Gasteiger partial charge in [0.05, 0.1) is 5.56 Å². The Bertz CT molecular complexity index is 428. The lowest BCUT2D eigenvalue weighted by Crippen LogP contribution is -2.23. The van der Waals surface area contributed by atoms with Crippen LogP contribution in [0.4, 0.5) is 0 Å². The molecule has 0 bridgehead atoms. The zero-order chi connectivity index (χ0) is 14.5. The van der Waals surface area contributed by atoms with Gasteiger partial charge in [0, 0.05) is 0 Å². The van der Waals surface area contributed by atoms with Crippen molar-refractivity contribution in [1.29, 1.82) is 0 Å². The summed E-state index contributed by atoms with van der Waals surface area (Å²) in [6.07, 6.45) is 0.695. The number of aliphatic hydroxyl groups excluding tert-OH is 1. The lowest BCUT2D eigenvalue weighted by atomic mass is 10.1. The van der Waals surface area contributed by atoms with Gasteiger partial charge in [-0.2, -0.15) is 0 Å². The Balaban J connectivity index is 2.61. The van der Waals surface area contributed by atoms with Crippen LogP contribution in [0.15, 0.2) is 36.9 Å². The van der Waals surface area contributed by atoms with Crippen molar-refractivity contribution in [2.45, 2.75) is 32.5 Å². The molecule has 0 fully saturated rings. The molecular weight excluding hydrogens is 244 g/mol. The number of esters is 1. The fraction of sp³-hybridized carbons (Fsp3) is 0.400. The highest BCUT2D eigenvalue weighted by molar-refractivity contribution is 5.89. The van der Waals surface area contributed by atoms with Crippen LogP contribution in [0.2, 0.25) is 0 Å². The van der Waals surface area contributed by atoms with E-state index in [9.17, 15) is 9.90 Å². The van der Waals surface area contributed by atoms with Crippen molar-refractivity contribution in [3.05, 3.63) is 42.5 Å². The van der Waals surface area contributed by atoms with Gasteiger partial charge in [-0.05, 0) is 45.0 Å². The first-order chi connectivity index (χ1) is 8.81. The summed E-state index contributed by atoms with van der Waals surface area (Å²) in [5.74, 6) is 0.207. The smallest absolute Gasteiger partial charge is 0.338 e. The summed E-state index contributed by atoms with van der Waals surface area (Å²) >= 11 is 0. The Morgan fingerprint density at radius 1 is 1.37 bits per heavy atom. The van der Waals surface area contributed by atoms with E-state index < -0.39 is 11.7 Å². The first-order valence-electron chi connectivity index (χ1n) is 6.08. The highest BCUT2D eigenvalue weighted by Crippen LogP contribution is 2.16. The Labute approximate surface area is 113 Å². The number of aliphatic hydroxyl groups is 1. The van der Waals surface area contributed by atoms with Gasteiger partial charge in [-0.3, -0.25) is 0 Å². The van der Waals surface area contributed by atoms with E-state index in [1.807, 2.05) is 20.8 Å². The second kappa shape index (κ2) is 6.38. The molecule has 1 N–H and O–H groups in total. The molecule has 1 atom stereocenters. The summed E-state index contributed by atoms with van der Waals surface area (Å²) in [5, 5.41) is 9.27. The van der Waals surface area contributed by atoms with E-state index in [-0.39, 0.29) is 12.6 Å². The zero-order valence-corrected chi connectivity index (χ0v) is 11.6. The molecular formula is C15H20O4. The maximum absolute atomic E-state index is 11.8. The van der Waals surface area contributed by atoms with Gasteiger partial charge in [0.1, 0.15) is 24.1 Å². The van der Waals surface area contributed by atoms with Crippen LogP contribution in [-0.4, -0.2) is 29.4 Å². The zero-order valence-electron chi connectivity index (χ0n) is 11.6. The SMILES string of the molecule is C=C[C@H](O)COc1ccc(C(=O)OC(C)(C)C)cc1. The molecule has 0 aliphatic carbocycles. The van der Waals surface area contributed by atoms with Crippen molar-refractivity contribution in [1.82, 2.24) is 0 Å². The van der Waals surface area contributed by atoms with Gasteiger partial charge in [-0.1, -0.05) is 6.08 Å². The van der Waals surface area contributed by atoms with Crippen molar-refractivity contribution < 1.29 is 19.4 Å². The fourth-order valence-corrected chi connectivity index (χ4v) is 1.27. The first kappa shape index (κ1) is 15.2. The van der Waals surface area contributed by atoms with Crippen molar-refractivity contribution in [2.75, 3.05) is 6.61 Å². The number of benzene rings is 1. The average Bonchev–Trinajstić information content (AvgIpc) is 2.34. The highest BCUT2D eigenvalue weighted by atomic mass is 16.6. The molecule has 0 aliphatic rings. The molecule has 19 heavy (non-hydrogen) atoms. The largest absolute Gasteiger partial charge is 0.491 e. The first-order valence-corrected chi connectivity index (χ1v) is 6.08. The summed E-state index contributed by atoms with van der Waals surface area (Å²) < 4.78 is 10.6. The van der Waals surface area contributed by atoms with Crippen LogP contribution in [-0.2, 0) is 4.74 Å². The molecule has 0 amide bonds. The molecule has 0 spiro atoms. The molecule has 0 heterocycles. The third-order valence-corrected chi connectivity index (χ3v) is 2.18. The molecule has 0 saturated carbocycles. The maximum atomic E-state index is 11.8. The van der Waals surface area contributed by atoms with Gasteiger partial charge in [-0.15, -0.1) is 6.58 Å². The summed E-state index contributed by atoms with van der Waals surface area (Å²) in [6, 6.07) is 6.58. The van der Waals surface area contributed by atoms with Gasteiger partial charge in [-0.25, -0.2) is 4.79 Å². The predicted molar refractivity (Wildman–Crippen MR) is 73.3 cm³/mol. The Morgan fingerprint density at radius 2 is 1.95 bits per heavy atom. The summed E-state index contributed by atoms with van der Waals surface area (Å²) in [6.45, 7) is 9.04. The minimum absolute atomic E-state index is 0.134. The van der Waals surface area contributed by atoms with E-state index >= 15 is 0 Å². The predicted octanol–water partition coefficient (Wildman–Crippen LogP) is 2.57. The van der Waals surface area contributed by atoms with Gasteiger partial charge in [0.15, 0.2) is 0 Å². The summed E-state index contributed by atoms with van der Waals surface area (Å²) in [7, 11) is 0. The number of hydrogen-bond acceptors (Lipinski definition) is 4. The lowest BCUT2D eigenvalue weighted by Gasteiger charge is -2.19. The number of carbonyl (C=O) groups is 1. The molecule has 1 rings (SSSR count). The average molecular weight is 264 g/mol. The summed E-state index contributed by atoms with van der Waals surface area (Å²) in [4.78, 5) is 11.8. The topological polar surface area (TPSA) is 55.8 Å². The lowest BCUT2D eigenvalue weighted by molar-refractivity contribution is 0.00694. The third kappa shape index (κ3) is 5.57. The van der Waals surface area contributed by atoms with Gasteiger partial charge in [0.25, 0.3) is 0 Å². The molecule has 0 radical (unpaired) electrons. The summed E-state index contributed by atoms with van der Waals surface area (Å²) in [5.41, 5.74) is -0.0492. The van der Waals surface area contributed by atoms with Crippen LogP contribution in [0.5, 0.6) is 5.75 Å². The molecule has 0 aromatic heterocycles. The monoisotopic (exact) mass is 264 g/mol. The van der Waals surface area contributed by atoms with Crippen molar-refractivity contribution in [2.24, 2.45) is 0 Å². The molecule has 104 valence electrons. The second-order valence-electron chi connectivity index (χ2n) is 5.14. The molecule has 0 unspecified atom stereocenters. The van der Waals surface area contributed by atoms with E-state index in [4.69, 9.17) is 9.47 Å². The molecule has 4 heteroatoms. The highest BCUT2D eigenvalue weighted by Gasteiger charge is 2.17. The Hall–Kier alpha value is -1.81. The molecule has 0 aliphatic heterocycles. The van der Waals surface area contributed by atoms with Crippen molar-refractivity contribution >= 4 is 5.97 Å². The van der Waals surface area contributed by atoms with Crippen LogP contribution < -0.4 is 4.74 Å². The fourth-order valence-electron chi connectivity index (χ4n) is 1.27. The van der Waals surface area contributed by atoms with Crippen molar-refractivity contribution in [3.8, 4) is 5.75 Å². The van der Waals surface area contributed by atoms with Crippen molar-refractivity contribution in [3.63, 3.8) is 0 Å².